The maximum Gasteiger partial charge on any atom is 0.109 e. The lowest BCUT2D eigenvalue weighted by atomic mass is 9.99. The van der Waals surface area contributed by atoms with E-state index in [1.807, 2.05) is 6.08 Å². The number of quaternary nitrogens is 2. The molecule has 0 aromatic carbocycles. The quantitative estimate of drug-likeness (QED) is 0.495. The predicted molar refractivity (Wildman–Crippen MR) is 46.2 cm³/mol. The van der Waals surface area contributed by atoms with Crippen LogP contribution in [0.5, 0.6) is 0 Å². The first-order valence-corrected chi connectivity index (χ1v) is 4.31. The van der Waals surface area contributed by atoms with Gasteiger partial charge in [-0.15, -0.1) is 0 Å². The van der Waals surface area contributed by atoms with Gasteiger partial charge in [0.1, 0.15) is 5.70 Å². The molecule has 0 radical (unpaired) electrons. The second-order valence-corrected chi connectivity index (χ2v) is 3.37. The van der Waals surface area contributed by atoms with Crippen LogP contribution in [0.4, 0.5) is 0 Å². The standard InChI is InChI=1S/C8H16N2O2/c1-9(11)7-4-3-5-8(6-7)10(2)12/h4,8-10H,3,5-6H2,1-2H3. The van der Waals surface area contributed by atoms with E-state index < -0.39 is 0 Å². The van der Waals surface area contributed by atoms with Crippen LogP contribution in [0.1, 0.15) is 19.3 Å². The second-order valence-electron chi connectivity index (χ2n) is 3.37. The summed E-state index contributed by atoms with van der Waals surface area (Å²) in [5, 5.41) is 22.3. The number of allylic oxidation sites excluding steroid dienone is 1. The van der Waals surface area contributed by atoms with Crippen molar-refractivity contribution in [2.24, 2.45) is 0 Å². The number of hydrogen-bond donors (Lipinski definition) is 2. The van der Waals surface area contributed by atoms with Crippen molar-refractivity contribution in [1.82, 2.24) is 0 Å². The van der Waals surface area contributed by atoms with Crippen LogP contribution in [0.3, 0.4) is 0 Å². The highest BCUT2D eigenvalue weighted by molar-refractivity contribution is 4.98. The molecule has 1 rings (SSSR count). The molecule has 0 saturated heterocycles. The van der Waals surface area contributed by atoms with Gasteiger partial charge in [-0.05, 0) is 12.5 Å². The molecule has 1 aliphatic carbocycles. The Balaban J connectivity index is 2.53. The lowest BCUT2D eigenvalue weighted by Crippen LogP contribution is -3.10. The minimum atomic E-state index is 0.0916. The van der Waals surface area contributed by atoms with E-state index in [0.717, 1.165) is 18.5 Å². The van der Waals surface area contributed by atoms with Gasteiger partial charge in [0.05, 0.1) is 26.6 Å². The number of nitrogens with one attached hydrogen (secondary N) is 2. The monoisotopic (exact) mass is 172 g/mol. The number of hydroxylamine groups is 4. The van der Waals surface area contributed by atoms with Crippen molar-refractivity contribution in [3.63, 3.8) is 0 Å². The van der Waals surface area contributed by atoms with Crippen LogP contribution in [-0.4, -0.2) is 20.1 Å². The number of hydrogen-bond acceptors (Lipinski definition) is 2. The van der Waals surface area contributed by atoms with Gasteiger partial charge in [-0.3, -0.25) is 0 Å². The van der Waals surface area contributed by atoms with Gasteiger partial charge in [0.25, 0.3) is 0 Å². The molecule has 3 unspecified atom stereocenters. The summed E-state index contributed by atoms with van der Waals surface area (Å²) in [5.74, 6) is 0. The minimum Gasteiger partial charge on any atom is -0.634 e. The molecular formula is C8H16N2O2. The van der Waals surface area contributed by atoms with E-state index in [9.17, 15) is 10.4 Å². The lowest BCUT2D eigenvalue weighted by molar-refractivity contribution is -0.860. The molecule has 0 fully saturated rings. The normalized spacial score (nSPS) is 29.3. The number of rotatable bonds is 2. The Bertz CT molecular complexity index is 178. The van der Waals surface area contributed by atoms with E-state index >= 15 is 0 Å². The van der Waals surface area contributed by atoms with Gasteiger partial charge in [-0.25, -0.2) is 0 Å². The Hall–Kier alpha value is -0.420. The van der Waals surface area contributed by atoms with Crippen molar-refractivity contribution in [2.75, 3.05) is 14.1 Å². The molecule has 3 atom stereocenters. The molecule has 4 heteroatoms. The van der Waals surface area contributed by atoms with Crippen molar-refractivity contribution in [3.8, 4) is 0 Å². The summed E-state index contributed by atoms with van der Waals surface area (Å²) in [7, 11) is 3.17. The van der Waals surface area contributed by atoms with Crippen LogP contribution in [0.15, 0.2) is 11.8 Å². The molecule has 0 aromatic heterocycles. The Morgan fingerprint density at radius 1 is 1.42 bits per heavy atom. The first-order chi connectivity index (χ1) is 5.61. The van der Waals surface area contributed by atoms with Gasteiger partial charge in [0.2, 0.25) is 0 Å². The fraction of sp³-hybridized carbons (Fsp3) is 0.750. The topological polar surface area (TPSA) is 55.0 Å². The predicted octanol–water partition coefficient (Wildman–Crippen LogP) is -1.55. The van der Waals surface area contributed by atoms with Crippen molar-refractivity contribution in [3.05, 3.63) is 22.2 Å². The summed E-state index contributed by atoms with van der Waals surface area (Å²) in [5.41, 5.74) is 0.835. The average molecular weight is 172 g/mol. The van der Waals surface area contributed by atoms with E-state index in [1.165, 1.54) is 0 Å². The molecule has 0 saturated carbocycles. The Morgan fingerprint density at radius 3 is 2.58 bits per heavy atom. The third-order valence-electron chi connectivity index (χ3n) is 2.40. The van der Waals surface area contributed by atoms with Gasteiger partial charge in [-0.1, -0.05) is 0 Å². The van der Waals surface area contributed by atoms with E-state index in [2.05, 4.69) is 0 Å². The summed E-state index contributed by atoms with van der Waals surface area (Å²) in [6, 6.07) is 0.0916. The first-order valence-electron chi connectivity index (χ1n) is 4.31. The molecule has 2 N–H and O–H groups in total. The van der Waals surface area contributed by atoms with Crippen LogP contribution in [0.25, 0.3) is 0 Å². The van der Waals surface area contributed by atoms with Gasteiger partial charge < -0.3 is 20.5 Å². The zero-order chi connectivity index (χ0) is 9.14. The molecule has 0 heterocycles. The molecular weight excluding hydrogens is 156 g/mol. The molecule has 0 bridgehead atoms. The summed E-state index contributed by atoms with van der Waals surface area (Å²) >= 11 is 0. The Kier molecular flexibility index (Phi) is 3.22. The van der Waals surface area contributed by atoms with E-state index in [1.54, 1.807) is 14.1 Å². The summed E-state index contributed by atoms with van der Waals surface area (Å²) in [6.45, 7) is 0. The van der Waals surface area contributed by atoms with E-state index in [4.69, 9.17) is 0 Å². The van der Waals surface area contributed by atoms with Gasteiger partial charge >= 0.3 is 0 Å². The van der Waals surface area contributed by atoms with Gasteiger partial charge in [0.15, 0.2) is 0 Å². The highest BCUT2D eigenvalue weighted by Crippen LogP contribution is 2.11. The third kappa shape index (κ3) is 2.28. The SMILES string of the molecule is C[NH+]([O-])C1=CCCC([NH+](C)[O-])C1. The van der Waals surface area contributed by atoms with Gasteiger partial charge in [0, 0.05) is 6.42 Å². The van der Waals surface area contributed by atoms with E-state index in [0.29, 0.717) is 6.42 Å². The van der Waals surface area contributed by atoms with E-state index in [-0.39, 0.29) is 16.2 Å². The van der Waals surface area contributed by atoms with Crippen molar-refractivity contribution < 1.29 is 10.1 Å². The van der Waals surface area contributed by atoms with Crippen molar-refractivity contribution in [1.29, 1.82) is 0 Å². The van der Waals surface area contributed by atoms with Crippen LogP contribution in [-0.2, 0) is 0 Å². The molecule has 0 spiro atoms. The molecule has 1 aliphatic rings. The second kappa shape index (κ2) is 4.00. The van der Waals surface area contributed by atoms with Crippen LogP contribution in [0, 0.1) is 10.4 Å². The smallest absolute Gasteiger partial charge is 0.109 e. The summed E-state index contributed by atoms with van der Waals surface area (Å²) < 4.78 is 0. The van der Waals surface area contributed by atoms with Crippen LogP contribution < -0.4 is 10.1 Å². The Labute approximate surface area is 72.6 Å². The average Bonchev–Trinajstić information content (AvgIpc) is 2.04. The minimum absolute atomic E-state index is 0.0916. The largest absolute Gasteiger partial charge is 0.634 e. The fourth-order valence-electron chi connectivity index (χ4n) is 1.54. The van der Waals surface area contributed by atoms with Gasteiger partial charge in [-0.2, -0.15) is 0 Å². The Morgan fingerprint density at radius 2 is 2.08 bits per heavy atom. The zero-order valence-electron chi connectivity index (χ0n) is 7.59. The van der Waals surface area contributed by atoms with Crippen LogP contribution in [0.2, 0.25) is 0 Å². The van der Waals surface area contributed by atoms with Crippen molar-refractivity contribution >= 4 is 0 Å². The molecule has 4 nitrogen and oxygen atoms in total. The fourth-order valence-corrected chi connectivity index (χ4v) is 1.54. The maximum absolute atomic E-state index is 11.0. The molecule has 0 aromatic rings. The van der Waals surface area contributed by atoms with Crippen LogP contribution >= 0.6 is 0 Å². The summed E-state index contributed by atoms with van der Waals surface area (Å²) in [6.07, 6.45) is 4.40. The third-order valence-corrected chi connectivity index (χ3v) is 2.40. The van der Waals surface area contributed by atoms with Crippen molar-refractivity contribution in [2.45, 2.75) is 25.3 Å². The molecule has 0 aliphatic heterocycles. The highest BCUT2D eigenvalue weighted by Gasteiger charge is 2.21. The molecule has 0 amide bonds. The highest BCUT2D eigenvalue weighted by atomic mass is 16.5. The molecule has 12 heavy (non-hydrogen) atoms. The zero-order valence-corrected chi connectivity index (χ0v) is 7.59. The summed E-state index contributed by atoms with van der Waals surface area (Å²) in [4.78, 5) is 0. The molecule has 70 valence electrons. The lowest BCUT2D eigenvalue weighted by Gasteiger charge is -2.32. The maximum atomic E-state index is 11.0. The first kappa shape index (κ1) is 9.67.